The minimum Gasteiger partial charge on any atom is -0.395 e. The molecule has 4 nitrogen and oxygen atoms in total. The van der Waals surface area contributed by atoms with Gasteiger partial charge in [0.1, 0.15) is 0 Å². The average Bonchev–Trinajstić information content (AvgIpc) is 2.85. The van der Waals surface area contributed by atoms with Crippen molar-refractivity contribution in [1.29, 1.82) is 0 Å². The van der Waals surface area contributed by atoms with Crippen LogP contribution in [-0.2, 0) is 4.79 Å². The molecule has 2 N–H and O–H groups in total. The molecule has 0 spiro atoms. The van der Waals surface area contributed by atoms with Crippen molar-refractivity contribution in [2.24, 2.45) is 0 Å². The maximum atomic E-state index is 11.8. The molecule has 0 aliphatic carbocycles. The topological polar surface area (TPSA) is 52.6 Å². The zero-order chi connectivity index (χ0) is 13.8. The van der Waals surface area contributed by atoms with Gasteiger partial charge in [-0.15, -0.1) is 0 Å². The highest BCUT2D eigenvalue weighted by atomic mass is 16.3. The third kappa shape index (κ3) is 3.33. The van der Waals surface area contributed by atoms with Gasteiger partial charge in [-0.25, -0.2) is 0 Å². The van der Waals surface area contributed by atoms with Crippen LogP contribution in [0.3, 0.4) is 0 Å². The maximum absolute atomic E-state index is 11.8. The van der Waals surface area contributed by atoms with Crippen LogP contribution in [0.2, 0.25) is 0 Å². The van der Waals surface area contributed by atoms with Gasteiger partial charge in [0.25, 0.3) is 0 Å². The lowest BCUT2D eigenvalue weighted by atomic mass is 10.1. The number of nitrogens with one attached hydrogen (secondary N) is 1. The highest BCUT2D eigenvalue weighted by Gasteiger charge is 2.22. The Balaban J connectivity index is 2.12. The second kappa shape index (κ2) is 6.17. The summed E-state index contributed by atoms with van der Waals surface area (Å²) >= 11 is 0. The first-order valence-corrected chi connectivity index (χ1v) is 6.89. The molecule has 2 unspecified atom stereocenters. The van der Waals surface area contributed by atoms with E-state index in [-0.39, 0.29) is 24.6 Å². The van der Waals surface area contributed by atoms with Gasteiger partial charge in [-0.3, -0.25) is 4.79 Å². The van der Waals surface area contributed by atoms with Crippen LogP contribution in [0.5, 0.6) is 0 Å². The molecule has 1 aromatic rings. The summed E-state index contributed by atoms with van der Waals surface area (Å²) < 4.78 is 0. The highest BCUT2D eigenvalue weighted by molar-refractivity contribution is 5.95. The Morgan fingerprint density at radius 3 is 2.84 bits per heavy atom. The fraction of sp³-hybridized carbons (Fsp3) is 0.533. The molecule has 0 aromatic heterocycles. The number of aliphatic hydroxyl groups is 1. The van der Waals surface area contributed by atoms with Gasteiger partial charge in [0, 0.05) is 30.7 Å². The molecule has 1 fully saturated rings. The zero-order valence-electron chi connectivity index (χ0n) is 11.6. The average molecular weight is 262 g/mol. The summed E-state index contributed by atoms with van der Waals surface area (Å²) in [6.07, 6.45) is 1.60. The number of amides is 1. The molecule has 19 heavy (non-hydrogen) atoms. The Bertz CT molecular complexity index is 448. The predicted octanol–water partition coefficient (Wildman–Crippen LogP) is 1.84. The number of carbonyl (C=O) groups excluding carboxylic acids is 1. The number of anilines is 1. The molecule has 1 saturated heterocycles. The van der Waals surface area contributed by atoms with Crippen molar-refractivity contribution in [1.82, 2.24) is 5.32 Å². The van der Waals surface area contributed by atoms with Crippen molar-refractivity contribution in [3.63, 3.8) is 0 Å². The molecular formula is C15H22N2O2. The molecule has 4 heteroatoms. The van der Waals surface area contributed by atoms with Crippen molar-refractivity contribution in [3.8, 4) is 0 Å². The van der Waals surface area contributed by atoms with E-state index in [0.29, 0.717) is 6.42 Å². The first-order valence-electron chi connectivity index (χ1n) is 6.89. The second-order valence-electron chi connectivity index (χ2n) is 5.22. The number of hydrogen-bond donors (Lipinski definition) is 2. The maximum Gasteiger partial charge on any atom is 0.227 e. The lowest BCUT2D eigenvalue weighted by Gasteiger charge is -2.21. The monoisotopic (exact) mass is 262 g/mol. The van der Waals surface area contributed by atoms with Crippen molar-refractivity contribution < 1.29 is 9.90 Å². The molecule has 0 bridgehead atoms. The fourth-order valence-corrected chi connectivity index (χ4v) is 2.46. The van der Waals surface area contributed by atoms with Crippen molar-refractivity contribution >= 4 is 11.6 Å². The first-order chi connectivity index (χ1) is 9.11. The van der Waals surface area contributed by atoms with E-state index in [1.54, 1.807) is 0 Å². The summed E-state index contributed by atoms with van der Waals surface area (Å²) in [5.41, 5.74) is 2.11. The lowest BCUT2D eigenvalue weighted by Crippen LogP contribution is -2.32. The van der Waals surface area contributed by atoms with E-state index < -0.39 is 0 Å². The molecule has 1 amide bonds. The van der Waals surface area contributed by atoms with Crippen LogP contribution in [0, 0.1) is 0 Å². The number of nitrogens with zero attached hydrogens (tertiary/aromatic N) is 1. The first kappa shape index (κ1) is 14.0. The normalized spacial score (nSPS) is 18.7. The Labute approximate surface area is 114 Å². The van der Waals surface area contributed by atoms with Crippen LogP contribution >= 0.6 is 0 Å². The van der Waals surface area contributed by atoms with Crippen molar-refractivity contribution in [2.45, 2.75) is 38.8 Å². The second-order valence-corrected chi connectivity index (χ2v) is 5.22. The largest absolute Gasteiger partial charge is 0.395 e. The van der Waals surface area contributed by atoms with Crippen LogP contribution in [-0.4, -0.2) is 30.2 Å². The highest BCUT2D eigenvalue weighted by Crippen LogP contribution is 2.24. The number of rotatable bonds is 5. The fourth-order valence-electron chi connectivity index (χ4n) is 2.46. The summed E-state index contributed by atoms with van der Waals surface area (Å²) in [7, 11) is 0. The molecule has 1 heterocycles. The molecule has 0 radical (unpaired) electrons. The minimum absolute atomic E-state index is 0.0621. The van der Waals surface area contributed by atoms with Gasteiger partial charge in [0.15, 0.2) is 0 Å². The lowest BCUT2D eigenvalue weighted by molar-refractivity contribution is -0.117. The SMILES string of the molecule is CC(CO)NC(C)c1cccc(N2CCCC2=O)c1. The Hall–Kier alpha value is -1.39. The van der Waals surface area contributed by atoms with Crippen LogP contribution in [0.15, 0.2) is 24.3 Å². The minimum atomic E-state index is 0.0621. The Morgan fingerprint density at radius 1 is 1.42 bits per heavy atom. The summed E-state index contributed by atoms with van der Waals surface area (Å²) in [6, 6.07) is 8.29. The van der Waals surface area contributed by atoms with Gasteiger partial charge in [-0.2, -0.15) is 0 Å². The quantitative estimate of drug-likeness (QED) is 0.851. The van der Waals surface area contributed by atoms with Gasteiger partial charge in [-0.1, -0.05) is 12.1 Å². The molecule has 1 aliphatic rings. The summed E-state index contributed by atoms with van der Waals surface area (Å²) in [6.45, 7) is 4.95. The molecule has 2 atom stereocenters. The smallest absolute Gasteiger partial charge is 0.227 e. The summed E-state index contributed by atoms with van der Waals surface area (Å²) in [5, 5.41) is 12.4. The van der Waals surface area contributed by atoms with Gasteiger partial charge in [-0.05, 0) is 38.0 Å². The van der Waals surface area contributed by atoms with Crippen molar-refractivity contribution in [3.05, 3.63) is 29.8 Å². The Kier molecular flexibility index (Phi) is 4.56. The van der Waals surface area contributed by atoms with Crippen LogP contribution in [0.4, 0.5) is 5.69 Å². The molecule has 104 valence electrons. The van der Waals surface area contributed by atoms with Gasteiger partial charge < -0.3 is 15.3 Å². The number of aliphatic hydroxyl groups excluding tert-OH is 1. The van der Waals surface area contributed by atoms with Gasteiger partial charge in [0.05, 0.1) is 6.61 Å². The third-order valence-corrected chi connectivity index (χ3v) is 3.56. The number of carbonyl (C=O) groups is 1. The molecule has 2 rings (SSSR count). The van der Waals surface area contributed by atoms with E-state index in [1.807, 2.05) is 30.0 Å². The van der Waals surface area contributed by atoms with E-state index >= 15 is 0 Å². The number of benzene rings is 1. The summed E-state index contributed by atoms with van der Waals surface area (Å²) in [5.74, 6) is 0.210. The molecule has 1 aromatic carbocycles. The molecule has 1 aliphatic heterocycles. The van der Waals surface area contributed by atoms with Gasteiger partial charge >= 0.3 is 0 Å². The van der Waals surface area contributed by atoms with Crippen molar-refractivity contribution in [2.75, 3.05) is 18.1 Å². The van der Waals surface area contributed by atoms with Crippen LogP contribution in [0.1, 0.15) is 38.3 Å². The van der Waals surface area contributed by atoms with E-state index in [9.17, 15) is 4.79 Å². The van der Waals surface area contributed by atoms with E-state index in [2.05, 4.69) is 18.3 Å². The summed E-state index contributed by atoms with van der Waals surface area (Å²) in [4.78, 5) is 13.6. The zero-order valence-corrected chi connectivity index (χ0v) is 11.6. The van der Waals surface area contributed by atoms with E-state index in [4.69, 9.17) is 5.11 Å². The molecule has 0 saturated carbocycles. The van der Waals surface area contributed by atoms with Crippen LogP contribution in [0.25, 0.3) is 0 Å². The number of hydrogen-bond acceptors (Lipinski definition) is 3. The predicted molar refractivity (Wildman–Crippen MR) is 76.1 cm³/mol. The molecular weight excluding hydrogens is 240 g/mol. The van der Waals surface area contributed by atoms with Crippen LogP contribution < -0.4 is 10.2 Å². The van der Waals surface area contributed by atoms with E-state index in [0.717, 1.165) is 24.2 Å². The standard InChI is InChI=1S/C15H22N2O2/c1-11(10-18)16-12(2)13-5-3-6-14(9-13)17-8-4-7-15(17)19/h3,5-6,9,11-12,16,18H,4,7-8,10H2,1-2H3. The van der Waals surface area contributed by atoms with Gasteiger partial charge in [0.2, 0.25) is 5.91 Å². The third-order valence-electron chi connectivity index (χ3n) is 3.56. The van der Waals surface area contributed by atoms with E-state index in [1.165, 1.54) is 0 Å². The Morgan fingerprint density at radius 2 is 2.21 bits per heavy atom.